The van der Waals surface area contributed by atoms with Crippen molar-refractivity contribution in [2.45, 2.75) is 6.54 Å². The van der Waals surface area contributed by atoms with E-state index in [9.17, 15) is 0 Å². The van der Waals surface area contributed by atoms with Gasteiger partial charge in [-0.15, -0.1) is 0 Å². The summed E-state index contributed by atoms with van der Waals surface area (Å²) in [6.07, 6.45) is 3.60. The van der Waals surface area contributed by atoms with E-state index in [-0.39, 0.29) is 0 Å². The summed E-state index contributed by atoms with van der Waals surface area (Å²) in [5, 5.41) is 8.68. The minimum Gasteiger partial charge on any atom is -0.396 e. The molecule has 0 saturated carbocycles. The number of hydrogen-bond acceptors (Lipinski definition) is 3. The van der Waals surface area contributed by atoms with Crippen molar-refractivity contribution < 1.29 is 0 Å². The van der Waals surface area contributed by atoms with Crippen molar-refractivity contribution in [2.24, 2.45) is 7.05 Å². The molecule has 96 valence electrons. The Morgan fingerprint density at radius 1 is 1.16 bits per heavy atom. The fourth-order valence-electron chi connectivity index (χ4n) is 2.09. The van der Waals surface area contributed by atoms with E-state index in [1.54, 1.807) is 10.9 Å². The summed E-state index contributed by atoms with van der Waals surface area (Å²) in [5.41, 5.74) is 9.59. The molecule has 3 rings (SSSR count). The highest BCUT2D eigenvalue weighted by molar-refractivity contribution is 5.69. The van der Waals surface area contributed by atoms with Crippen molar-refractivity contribution in [2.75, 3.05) is 5.73 Å². The molecule has 0 atom stereocenters. The van der Waals surface area contributed by atoms with Crippen LogP contribution in [0.2, 0.25) is 0 Å². The maximum Gasteiger partial charge on any atom is 0.133 e. The van der Waals surface area contributed by atoms with Crippen LogP contribution in [0.5, 0.6) is 0 Å². The van der Waals surface area contributed by atoms with Gasteiger partial charge in [0.2, 0.25) is 0 Å². The molecule has 0 amide bonds. The fourth-order valence-corrected chi connectivity index (χ4v) is 2.09. The van der Waals surface area contributed by atoms with Crippen LogP contribution in [0.15, 0.2) is 48.8 Å². The first-order chi connectivity index (χ1) is 9.24. The van der Waals surface area contributed by atoms with Crippen LogP contribution >= 0.6 is 0 Å². The zero-order valence-electron chi connectivity index (χ0n) is 10.7. The summed E-state index contributed by atoms with van der Waals surface area (Å²) in [5.74, 6) is 0. The van der Waals surface area contributed by atoms with Crippen LogP contribution in [0.3, 0.4) is 0 Å². The van der Waals surface area contributed by atoms with E-state index in [0.717, 1.165) is 11.4 Å². The lowest BCUT2D eigenvalue weighted by molar-refractivity contribution is 0.685. The number of nitrogen functional groups attached to an aromatic ring is 1. The van der Waals surface area contributed by atoms with E-state index in [4.69, 9.17) is 5.73 Å². The molecule has 0 aliphatic carbocycles. The van der Waals surface area contributed by atoms with Crippen molar-refractivity contribution in [1.29, 1.82) is 0 Å². The Balaban J connectivity index is 1.92. The average molecular weight is 253 g/mol. The third kappa shape index (κ3) is 2.22. The van der Waals surface area contributed by atoms with Crippen LogP contribution in [-0.4, -0.2) is 19.6 Å². The Morgan fingerprint density at radius 2 is 1.95 bits per heavy atom. The maximum absolute atomic E-state index is 6.03. The third-order valence-electron chi connectivity index (χ3n) is 3.04. The Labute approximate surface area is 111 Å². The van der Waals surface area contributed by atoms with E-state index in [0.29, 0.717) is 12.2 Å². The minimum absolute atomic E-state index is 0.666. The number of aryl methyl sites for hydroxylation is 1. The highest BCUT2D eigenvalue weighted by Crippen LogP contribution is 2.23. The molecule has 2 aromatic heterocycles. The quantitative estimate of drug-likeness (QED) is 0.775. The predicted molar refractivity (Wildman–Crippen MR) is 74.4 cm³/mol. The largest absolute Gasteiger partial charge is 0.396 e. The molecule has 2 N–H and O–H groups in total. The molecule has 1 aromatic carbocycles. The van der Waals surface area contributed by atoms with E-state index in [1.807, 2.05) is 42.2 Å². The molecule has 0 aliphatic heterocycles. The van der Waals surface area contributed by atoms with Gasteiger partial charge in [0.25, 0.3) is 0 Å². The topological polar surface area (TPSA) is 61.7 Å². The van der Waals surface area contributed by atoms with Crippen molar-refractivity contribution in [1.82, 2.24) is 19.6 Å². The summed E-state index contributed by atoms with van der Waals surface area (Å²) in [7, 11) is 1.88. The van der Waals surface area contributed by atoms with Crippen LogP contribution < -0.4 is 5.73 Å². The monoisotopic (exact) mass is 253 g/mol. The standard InChI is InChI=1S/C14H15N5/c1-18-13(7-8-16-18)14-12(15)10-19(17-14)9-11-5-3-2-4-6-11/h2-8,10H,9,15H2,1H3. The number of aromatic nitrogens is 4. The molecule has 5 nitrogen and oxygen atoms in total. The second-order valence-electron chi connectivity index (χ2n) is 4.46. The normalized spacial score (nSPS) is 10.8. The van der Waals surface area contributed by atoms with Crippen LogP contribution in [0.4, 0.5) is 5.69 Å². The number of nitrogens with zero attached hydrogens (tertiary/aromatic N) is 4. The Hall–Kier alpha value is -2.56. The second kappa shape index (κ2) is 4.61. The zero-order valence-corrected chi connectivity index (χ0v) is 10.7. The van der Waals surface area contributed by atoms with Crippen LogP contribution in [0.25, 0.3) is 11.4 Å². The van der Waals surface area contributed by atoms with E-state index in [1.165, 1.54) is 5.56 Å². The van der Waals surface area contributed by atoms with Crippen LogP contribution in [-0.2, 0) is 13.6 Å². The first kappa shape index (κ1) is 11.5. The number of benzene rings is 1. The molecule has 3 aromatic rings. The molecule has 5 heteroatoms. The van der Waals surface area contributed by atoms with Crippen molar-refractivity contribution >= 4 is 5.69 Å². The molecule has 0 radical (unpaired) electrons. The Morgan fingerprint density at radius 3 is 2.63 bits per heavy atom. The van der Waals surface area contributed by atoms with E-state index >= 15 is 0 Å². The molecular weight excluding hydrogens is 238 g/mol. The van der Waals surface area contributed by atoms with Gasteiger partial charge in [-0.2, -0.15) is 10.2 Å². The van der Waals surface area contributed by atoms with Gasteiger partial charge in [-0.25, -0.2) is 0 Å². The van der Waals surface area contributed by atoms with Gasteiger partial charge in [0.05, 0.1) is 17.9 Å². The van der Waals surface area contributed by atoms with Crippen LogP contribution in [0, 0.1) is 0 Å². The SMILES string of the molecule is Cn1nccc1-c1nn(Cc2ccccc2)cc1N. The van der Waals surface area contributed by atoms with Gasteiger partial charge < -0.3 is 5.73 Å². The van der Waals surface area contributed by atoms with Gasteiger partial charge in [0.15, 0.2) is 0 Å². The molecule has 0 fully saturated rings. The Bertz CT molecular complexity index is 681. The summed E-state index contributed by atoms with van der Waals surface area (Å²) >= 11 is 0. The highest BCUT2D eigenvalue weighted by Gasteiger charge is 2.11. The number of hydrogen-bond donors (Lipinski definition) is 1. The number of anilines is 1. The van der Waals surface area contributed by atoms with E-state index < -0.39 is 0 Å². The summed E-state index contributed by atoms with van der Waals surface area (Å²) in [6.45, 7) is 0.711. The lowest BCUT2D eigenvalue weighted by atomic mass is 10.2. The van der Waals surface area contributed by atoms with Gasteiger partial charge in [-0.05, 0) is 11.6 Å². The first-order valence-corrected chi connectivity index (χ1v) is 6.09. The van der Waals surface area contributed by atoms with Gasteiger partial charge >= 0.3 is 0 Å². The molecule has 0 saturated heterocycles. The number of rotatable bonds is 3. The third-order valence-corrected chi connectivity index (χ3v) is 3.04. The second-order valence-corrected chi connectivity index (χ2v) is 4.46. The molecular formula is C14H15N5. The molecule has 0 spiro atoms. The summed E-state index contributed by atoms with van der Waals surface area (Å²) in [4.78, 5) is 0. The predicted octanol–water partition coefficient (Wildman–Crippen LogP) is 1.91. The van der Waals surface area contributed by atoms with E-state index in [2.05, 4.69) is 22.3 Å². The lowest BCUT2D eigenvalue weighted by Crippen LogP contribution is -2.01. The highest BCUT2D eigenvalue weighted by atomic mass is 15.3. The molecule has 0 aliphatic rings. The maximum atomic E-state index is 6.03. The molecule has 0 bridgehead atoms. The first-order valence-electron chi connectivity index (χ1n) is 6.09. The molecule has 19 heavy (non-hydrogen) atoms. The van der Waals surface area contributed by atoms with Gasteiger partial charge in [0.1, 0.15) is 5.69 Å². The summed E-state index contributed by atoms with van der Waals surface area (Å²) < 4.78 is 3.62. The van der Waals surface area contributed by atoms with Gasteiger partial charge in [-0.1, -0.05) is 30.3 Å². The smallest absolute Gasteiger partial charge is 0.133 e. The Kier molecular flexibility index (Phi) is 2.79. The molecule has 0 unspecified atom stereocenters. The zero-order chi connectivity index (χ0) is 13.2. The van der Waals surface area contributed by atoms with Crippen molar-refractivity contribution in [3.05, 3.63) is 54.4 Å². The fraction of sp³-hybridized carbons (Fsp3) is 0.143. The van der Waals surface area contributed by atoms with Crippen molar-refractivity contribution in [3.63, 3.8) is 0 Å². The molecule has 2 heterocycles. The van der Waals surface area contributed by atoms with Crippen molar-refractivity contribution in [3.8, 4) is 11.4 Å². The lowest BCUT2D eigenvalue weighted by Gasteiger charge is -2.01. The van der Waals surface area contributed by atoms with Gasteiger partial charge in [-0.3, -0.25) is 9.36 Å². The minimum atomic E-state index is 0.666. The van der Waals surface area contributed by atoms with Crippen LogP contribution in [0.1, 0.15) is 5.56 Å². The van der Waals surface area contributed by atoms with Gasteiger partial charge in [0, 0.05) is 19.4 Å². The average Bonchev–Trinajstić information content (AvgIpc) is 2.97. The number of nitrogens with two attached hydrogens (primary N) is 1. The summed E-state index contributed by atoms with van der Waals surface area (Å²) in [6, 6.07) is 12.1.